The van der Waals surface area contributed by atoms with Crippen LogP contribution in [0.25, 0.3) is 0 Å². The van der Waals surface area contributed by atoms with Crippen molar-refractivity contribution in [3.05, 3.63) is 95.6 Å². The van der Waals surface area contributed by atoms with Crippen LogP contribution in [0.4, 0.5) is 11.4 Å². The highest BCUT2D eigenvalue weighted by Gasteiger charge is 2.16. The highest BCUT2D eigenvalue weighted by Crippen LogP contribution is 2.18. The van der Waals surface area contributed by atoms with Gasteiger partial charge in [0.15, 0.2) is 6.61 Å². The molecule has 3 aromatic rings. The van der Waals surface area contributed by atoms with Crippen molar-refractivity contribution in [1.29, 1.82) is 0 Å². The number of nitrogens with one attached hydrogen (secondary N) is 2. The van der Waals surface area contributed by atoms with Crippen LogP contribution in [-0.2, 0) is 14.3 Å². The van der Waals surface area contributed by atoms with Gasteiger partial charge in [0.2, 0.25) is 0 Å². The lowest BCUT2D eigenvalue weighted by Gasteiger charge is -2.11. The van der Waals surface area contributed by atoms with Crippen LogP contribution in [0.2, 0.25) is 0 Å². The largest absolute Gasteiger partial charge is 0.462 e. The minimum absolute atomic E-state index is 0.119. The molecule has 0 saturated heterocycles. The first-order valence-electron chi connectivity index (χ1n) is 10.2. The molecular formula is C25H22N2O6. The number of ether oxygens (including phenoxy) is 2. The maximum atomic E-state index is 12.5. The lowest BCUT2D eigenvalue weighted by molar-refractivity contribution is -0.119. The monoisotopic (exact) mass is 446 g/mol. The van der Waals surface area contributed by atoms with Crippen LogP contribution in [0.3, 0.4) is 0 Å². The SMILES string of the molecule is CCOC(=O)c1ccc(NC(=O)COC(=O)c2ccccc2NC(=O)c2ccccc2)cc1. The Balaban J connectivity index is 1.57. The van der Waals surface area contributed by atoms with E-state index in [-0.39, 0.29) is 23.8 Å². The summed E-state index contributed by atoms with van der Waals surface area (Å²) < 4.78 is 10.0. The number of amides is 2. The summed E-state index contributed by atoms with van der Waals surface area (Å²) in [7, 11) is 0. The lowest BCUT2D eigenvalue weighted by Crippen LogP contribution is -2.22. The van der Waals surface area contributed by atoms with Crippen LogP contribution in [0.15, 0.2) is 78.9 Å². The molecule has 0 aliphatic rings. The van der Waals surface area contributed by atoms with Gasteiger partial charge in [-0.15, -0.1) is 0 Å². The molecule has 0 bridgehead atoms. The molecule has 168 valence electrons. The van der Waals surface area contributed by atoms with Crippen molar-refractivity contribution >= 4 is 35.1 Å². The molecular weight excluding hydrogens is 424 g/mol. The summed E-state index contributed by atoms with van der Waals surface area (Å²) in [5.74, 6) is -2.15. The summed E-state index contributed by atoms with van der Waals surface area (Å²) in [6, 6.07) is 21.1. The van der Waals surface area contributed by atoms with Gasteiger partial charge in [0.05, 0.1) is 23.4 Å². The minimum Gasteiger partial charge on any atom is -0.462 e. The molecule has 8 heteroatoms. The number of para-hydroxylation sites is 1. The van der Waals surface area contributed by atoms with Crippen molar-refractivity contribution in [2.24, 2.45) is 0 Å². The maximum Gasteiger partial charge on any atom is 0.340 e. The second kappa shape index (κ2) is 11.2. The third-order valence-electron chi connectivity index (χ3n) is 4.45. The normalized spacial score (nSPS) is 10.1. The summed E-state index contributed by atoms with van der Waals surface area (Å²) in [6.45, 7) is 1.45. The van der Waals surface area contributed by atoms with Crippen molar-refractivity contribution < 1.29 is 28.7 Å². The maximum absolute atomic E-state index is 12.5. The van der Waals surface area contributed by atoms with Gasteiger partial charge in [0.1, 0.15) is 0 Å². The van der Waals surface area contributed by atoms with Gasteiger partial charge >= 0.3 is 11.9 Å². The number of esters is 2. The molecule has 0 fully saturated rings. The Morgan fingerprint density at radius 3 is 2.06 bits per heavy atom. The molecule has 8 nitrogen and oxygen atoms in total. The first-order valence-corrected chi connectivity index (χ1v) is 10.2. The Morgan fingerprint density at radius 1 is 0.697 bits per heavy atom. The van der Waals surface area contributed by atoms with Gasteiger partial charge in [-0.1, -0.05) is 30.3 Å². The Morgan fingerprint density at radius 2 is 1.36 bits per heavy atom. The second-order valence-corrected chi connectivity index (χ2v) is 6.79. The van der Waals surface area contributed by atoms with Gasteiger partial charge in [-0.3, -0.25) is 9.59 Å². The van der Waals surface area contributed by atoms with Crippen molar-refractivity contribution in [3.8, 4) is 0 Å². The predicted octanol–water partition coefficient (Wildman–Crippen LogP) is 3.91. The minimum atomic E-state index is -0.758. The average molecular weight is 446 g/mol. The highest BCUT2D eigenvalue weighted by atomic mass is 16.5. The number of anilines is 2. The van der Waals surface area contributed by atoms with E-state index in [0.717, 1.165) is 0 Å². The van der Waals surface area contributed by atoms with E-state index < -0.39 is 24.5 Å². The molecule has 3 rings (SSSR count). The first-order chi connectivity index (χ1) is 16.0. The number of benzene rings is 3. The van der Waals surface area contributed by atoms with Crippen LogP contribution in [0.1, 0.15) is 38.0 Å². The van der Waals surface area contributed by atoms with E-state index in [4.69, 9.17) is 9.47 Å². The van der Waals surface area contributed by atoms with Crippen molar-refractivity contribution in [2.45, 2.75) is 6.92 Å². The van der Waals surface area contributed by atoms with Gasteiger partial charge in [0.25, 0.3) is 11.8 Å². The molecule has 0 unspecified atom stereocenters. The van der Waals surface area contributed by atoms with Crippen molar-refractivity contribution in [1.82, 2.24) is 0 Å². The van der Waals surface area contributed by atoms with Crippen molar-refractivity contribution in [3.63, 3.8) is 0 Å². The highest BCUT2D eigenvalue weighted by molar-refractivity contribution is 6.08. The van der Waals surface area contributed by atoms with Crippen LogP contribution >= 0.6 is 0 Å². The Kier molecular flexibility index (Phi) is 7.91. The molecule has 0 spiro atoms. The molecule has 0 radical (unpaired) electrons. The smallest absolute Gasteiger partial charge is 0.340 e. The third-order valence-corrected chi connectivity index (χ3v) is 4.45. The first kappa shape index (κ1) is 23.2. The van der Waals surface area contributed by atoms with E-state index in [1.165, 1.54) is 18.2 Å². The molecule has 0 aliphatic heterocycles. The van der Waals surface area contributed by atoms with Gasteiger partial charge in [0, 0.05) is 11.3 Å². The number of hydrogen-bond acceptors (Lipinski definition) is 6. The van der Waals surface area contributed by atoms with Crippen LogP contribution in [-0.4, -0.2) is 37.0 Å². The zero-order chi connectivity index (χ0) is 23.6. The van der Waals surface area contributed by atoms with Crippen molar-refractivity contribution in [2.75, 3.05) is 23.8 Å². The average Bonchev–Trinajstić information content (AvgIpc) is 2.84. The number of hydrogen-bond donors (Lipinski definition) is 2. The van der Waals surface area contributed by atoms with Gasteiger partial charge in [-0.05, 0) is 55.5 Å². The Hall–Kier alpha value is -4.46. The molecule has 2 amide bonds. The van der Waals surface area contributed by atoms with Crippen LogP contribution in [0.5, 0.6) is 0 Å². The number of rotatable bonds is 8. The summed E-state index contributed by atoms with van der Waals surface area (Å²) in [5, 5.41) is 5.26. The molecule has 0 heterocycles. The number of carbonyl (C=O) groups is 4. The molecule has 0 aromatic heterocycles. The quantitative estimate of drug-likeness (QED) is 0.508. The predicted molar refractivity (Wildman–Crippen MR) is 122 cm³/mol. The second-order valence-electron chi connectivity index (χ2n) is 6.79. The van der Waals surface area contributed by atoms with Gasteiger partial charge in [-0.2, -0.15) is 0 Å². The molecule has 33 heavy (non-hydrogen) atoms. The standard InChI is InChI=1S/C25H22N2O6/c1-2-32-24(30)18-12-14-19(15-13-18)26-22(28)16-33-25(31)20-10-6-7-11-21(20)27-23(29)17-8-4-3-5-9-17/h3-15H,2,16H2,1H3,(H,26,28)(H,27,29). The summed E-state index contributed by atoms with van der Waals surface area (Å²) in [5.41, 5.74) is 1.61. The van der Waals surface area contributed by atoms with Gasteiger partial charge in [-0.25, -0.2) is 9.59 Å². The molecule has 0 atom stereocenters. The lowest BCUT2D eigenvalue weighted by atomic mass is 10.1. The third kappa shape index (κ3) is 6.51. The molecule has 2 N–H and O–H groups in total. The summed E-state index contributed by atoms with van der Waals surface area (Å²) in [4.78, 5) is 48.8. The van der Waals surface area contributed by atoms with E-state index in [1.54, 1.807) is 67.6 Å². The van der Waals surface area contributed by atoms with E-state index in [0.29, 0.717) is 16.8 Å². The van der Waals surface area contributed by atoms with E-state index in [9.17, 15) is 19.2 Å². The fourth-order valence-electron chi connectivity index (χ4n) is 2.86. The summed E-state index contributed by atoms with van der Waals surface area (Å²) in [6.07, 6.45) is 0. The Labute approximate surface area is 190 Å². The Bertz CT molecular complexity index is 1140. The van der Waals surface area contributed by atoms with Gasteiger partial charge < -0.3 is 20.1 Å². The molecule has 0 aliphatic carbocycles. The topological polar surface area (TPSA) is 111 Å². The molecule has 3 aromatic carbocycles. The fraction of sp³-hybridized carbons (Fsp3) is 0.120. The van der Waals surface area contributed by atoms with E-state index in [1.807, 2.05) is 0 Å². The zero-order valence-corrected chi connectivity index (χ0v) is 17.9. The van der Waals surface area contributed by atoms with Crippen LogP contribution < -0.4 is 10.6 Å². The summed E-state index contributed by atoms with van der Waals surface area (Å²) >= 11 is 0. The fourth-order valence-corrected chi connectivity index (χ4v) is 2.86. The van der Waals surface area contributed by atoms with E-state index in [2.05, 4.69) is 10.6 Å². The molecule has 0 saturated carbocycles. The van der Waals surface area contributed by atoms with E-state index >= 15 is 0 Å². The zero-order valence-electron chi connectivity index (χ0n) is 17.9. The van der Waals surface area contributed by atoms with Crippen LogP contribution in [0, 0.1) is 0 Å². The number of carbonyl (C=O) groups excluding carboxylic acids is 4.